The molecule has 3 aromatic rings. The first-order chi connectivity index (χ1) is 17.6. The average Bonchev–Trinajstić information content (AvgIpc) is 3.12. The van der Waals surface area contributed by atoms with E-state index in [0.717, 1.165) is 16.7 Å². The molecule has 1 aliphatic heterocycles. The van der Waals surface area contributed by atoms with Crippen LogP contribution in [-0.2, 0) is 14.4 Å². The number of anilines is 1. The van der Waals surface area contributed by atoms with Gasteiger partial charge in [-0.2, -0.15) is 0 Å². The number of Topliss-reactive ketones (excluding diaryl/α,β-unsaturated/α-hetero) is 1. The van der Waals surface area contributed by atoms with Gasteiger partial charge in [-0.1, -0.05) is 18.2 Å². The average molecular weight is 500 g/mol. The summed E-state index contributed by atoms with van der Waals surface area (Å²) in [5.74, 6) is -1.41. The second-order valence-corrected chi connectivity index (χ2v) is 9.02. The van der Waals surface area contributed by atoms with Gasteiger partial charge in [-0.05, 0) is 92.4 Å². The smallest absolute Gasteiger partial charge is 0.308 e. The zero-order valence-electron chi connectivity index (χ0n) is 21.5. The number of benzene rings is 3. The topological polar surface area (TPSA) is 93.1 Å². The highest BCUT2D eigenvalue weighted by Gasteiger charge is 2.47. The van der Waals surface area contributed by atoms with Crippen molar-refractivity contribution in [2.24, 2.45) is 0 Å². The number of ether oxygens (including phenoxy) is 2. The second-order valence-electron chi connectivity index (χ2n) is 9.02. The van der Waals surface area contributed by atoms with Crippen LogP contribution >= 0.6 is 0 Å². The van der Waals surface area contributed by atoms with E-state index in [2.05, 4.69) is 0 Å². The van der Waals surface area contributed by atoms with Gasteiger partial charge in [0, 0.05) is 18.2 Å². The Labute approximate surface area is 215 Å². The van der Waals surface area contributed by atoms with Crippen molar-refractivity contribution >= 4 is 29.1 Å². The first kappa shape index (κ1) is 25.7. The molecule has 1 fully saturated rings. The minimum absolute atomic E-state index is 0.0493. The van der Waals surface area contributed by atoms with Crippen LogP contribution in [0.15, 0.2) is 66.2 Å². The number of aliphatic hydroxyl groups excluding tert-OH is 1. The molecule has 1 unspecified atom stereocenters. The van der Waals surface area contributed by atoms with Gasteiger partial charge in [0.25, 0.3) is 11.7 Å². The van der Waals surface area contributed by atoms with Crippen LogP contribution in [0, 0.1) is 20.8 Å². The highest BCUT2D eigenvalue weighted by molar-refractivity contribution is 6.51. The van der Waals surface area contributed by atoms with E-state index >= 15 is 0 Å². The molecule has 1 heterocycles. The zero-order valence-corrected chi connectivity index (χ0v) is 21.5. The minimum atomic E-state index is -0.940. The Morgan fingerprint density at radius 2 is 1.70 bits per heavy atom. The van der Waals surface area contributed by atoms with Gasteiger partial charge in [-0.3, -0.25) is 19.3 Å². The van der Waals surface area contributed by atoms with E-state index in [1.165, 1.54) is 11.8 Å². The van der Waals surface area contributed by atoms with Crippen LogP contribution < -0.4 is 14.4 Å². The summed E-state index contributed by atoms with van der Waals surface area (Å²) in [6.45, 7) is 9.39. The van der Waals surface area contributed by atoms with Crippen molar-refractivity contribution < 1.29 is 29.0 Å². The molecular formula is C30H29NO6. The van der Waals surface area contributed by atoms with E-state index < -0.39 is 23.7 Å². The number of carbonyl (C=O) groups excluding carboxylic acids is 3. The SMILES string of the molecule is CCOc1ccc(/C(O)=C2\C(=O)C(=O)N(c3ccc(C)c(C)c3)C2c2cccc(OC(C)=O)c2)cc1C. The Kier molecular flexibility index (Phi) is 7.16. The maximum absolute atomic E-state index is 13.4. The Bertz CT molecular complexity index is 1440. The van der Waals surface area contributed by atoms with Crippen LogP contribution in [0.25, 0.3) is 5.76 Å². The lowest BCUT2D eigenvalue weighted by atomic mass is 9.94. The molecule has 0 radical (unpaired) electrons. The van der Waals surface area contributed by atoms with Gasteiger partial charge >= 0.3 is 5.97 Å². The summed E-state index contributed by atoms with van der Waals surface area (Å²) >= 11 is 0. The van der Waals surface area contributed by atoms with Crippen molar-refractivity contribution in [1.29, 1.82) is 0 Å². The molecule has 1 saturated heterocycles. The van der Waals surface area contributed by atoms with E-state index in [1.807, 2.05) is 39.8 Å². The Hall–Kier alpha value is -4.39. The molecule has 0 spiro atoms. The Morgan fingerprint density at radius 3 is 2.35 bits per heavy atom. The van der Waals surface area contributed by atoms with Crippen LogP contribution in [0.2, 0.25) is 0 Å². The Morgan fingerprint density at radius 1 is 0.946 bits per heavy atom. The molecule has 1 aliphatic rings. The van der Waals surface area contributed by atoms with Crippen LogP contribution in [0.3, 0.4) is 0 Å². The summed E-state index contributed by atoms with van der Waals surface area (Å²) in [7, 11) is 0. The first-order valence-electron chi connectivity index (χ1n) is 12.0. The number of hydrogen-bond acceptors (Lipinski definition) is 6. The lowest BCUT2D eigenvalue weighted by Gasteiger charge is -2.26. The summed E-state index contributed by atoms with van der Waals surface area (Å²) in [5, 5.41) is 11.4. The van der Waals surface area contributed by atoms with Gasteiger partial charge in [0.05, 0.1) is 18.2 Å². The van der Waals surface area contributed by atoms with Crippen molar-refractivity contribution in [3.63, 3.8) is 0 Å². The fourth-order valence-corrected chi connectivity index (χ4v) is 4.47. The molecular weight excluding hydrogens is 470 g/mol. The maximum Gasteiger partial charge on any atom is 0.308 e. The van der Waals surface area contributed by atoms with Crippen LogP contribution in [0.1, 0.15) is 47.7 Å². The third-order valence-corrected chi connectivity index (χ3v) is 6.40. The van der Waals surface area contributed by atoms with Gasteiger partial charge in [-0.15, -0.1) is 0 Å². The number of aryl methyl sites for hydroxylation is 3. The zero-order chi connectivity index (χ0) is 26.9. The van der Waals surface area contributed by atoms with E-state index in [0.29, 0.717) is 29.2 Å². The van der Waals surface area contributed by atoms with Crippen LogP contribution in [0.5, 0.6) is 11.5 Å². The fourth-order valence-electron chi connectivity index (χ4n) is 4.47. The first-order valence-corrected chi connectivity index (χ1v) is 12.0. The molecule has 4 rings (SSSR count). The standard InChI is InChI=1S/C30H29NO6/c1-6-36-25-13-11-22(14-19(25)4)28(33)26-27(21-8-7-9-24(16-21)37-20(5)32)31(30(35)29(26)34)23-12-10-17(2)18(3)15-23/h7-16,27,33H,6H2,1-5H3/b28-26+. The normalized spacial score (nSPS) is 16.7. The van der Waals surface area contributed by atoms with Crippen molar-refractivity contribution in [1.82, 2.24) is 0 Å². The molecule has 7 nitrogen and oxygen atoms in total. The number of hydrogen-bond donors (Lipinski definition) is 1. The molecule has 1 N–H and O–H groups in total. The Balaban J connectivity index is 1.93. The molecule has 1 amide bonds. The molecule has 0 bridgehead atoms. The molecule has 7 heteroatoms. The predicted molar refractivity (Wildman–Crippen MR) is 141 cm³/mol. The number of aliphatic hydroxyl groups is 1. The highest BCUT2D eigenvalue weighted by atomic mass is 16.5. The largest absolute Gasteiger partial charge is 0.507 e. The number of carbonyl (C=O) groups is 3. The maximum atomic E-state index is 13.4. The summed E-state index contributed by atoms with van der Waals surface area (Å²) < 4.78 is 10.9. The molecule has 37 heavy (non-hydrogen) atoms. The lowest BCUT2D eigenvalue weighted by molar-refractivity contribution is -0.132. The summed E-state index contributed by atoms with van der Waals surface area (Å²) in [4.78, 5) is 39.8. The summed E-state index contributed by atoms with van der Waals surface area (Å²) in [6.07, 6.45) is 0. The van der Waals surface area contributed by atoms with E-state index in [9.17, 15) is 19.5 Å². The van der Waals surface area contributed by atoms with E-state index in [-0.39, 0.29) is 17.1 Å². The summed E-state index contributed by atoms with van der Waals surface area (Å²) in [6, 6.07) is 16.3. The molecule has 3 aromatic carbocycles. The quantitative estimate of drug-likeness (QED) is 0.157. The number of nitrogens with zero attached hydrogens (tertiary/aromatic N) is 1. The number of ketones is 1. The summed E-state index contributed by atoms with van der Waals surface area (Å²) in [5.41, 5.74) is 4.15. The van der Waals surface area contributed by atoms with Crippen molar-refractivity contribution in [2.75, 3.05) is 11.5 Å². The lowest BCUT2D eigenvalue weighted by Crippen LogP contribution is -2.29. The third kappa shape index (κ3) is 4.98. The van der Waals surface area contributed by atoms with Gasteiger partial charge in [-0.25, -0.2) is 0 Å². The number of esters is 1. The van der Waals surface area contributed by atoms with Gasteiger partial charge < -0.3 is 14.6 Å². The van der Waals surface area contributed by atoms with Crippen LogP contribution in [0.4, 0.5) is 5.69 Å². The predicted octanol–water partition coefficient (Wildman–Crippen LogP) is 5.56. The van der Waals surface area contributed by atoms with Crippen LogP contribution in [-0.4, -0.2) is 29.4 Å². The van der Waals surface area contributed by atoms with Crippen molar-refractivity contribution in [3.05, 3.63) is 94.1 Å². The fraction of sp³-hybridized carbons (Fsp3) is 0.233. The number of rotatable bonds is 6. The monoisotopic (exact) mass is 499 g/mol. The molecule has 190 valence electrons. The highest BCUT2D eigenvalue weighted by Crippen LogP contribution is 2.43. The van der Waals surface area contributed by atoms with Crippen molar-refractivity contribution in [3.8, 4) is 11.5 Å². The molecule has 0 aromatic heterocycles. The minimum Gasteiger partial charge on any atom is -0.507 e. The van der Waals surface area contributed by atoms with Gasteiger partial charge in [0.2, 0.25) is 0 Å². The van der Waals surface area contributed by atoms with Crippen molar-refractivity contribution in [2.45, 2.75) is 40.7 Å². The molecule has 0 aliphatic carbocycles. The van der Waals surface area contributed by atoms with Gasteiger partial charge in [0.15, 0.2) is 0 Å². The van der Waals surface area contributed by atoms with E-state index in [1.54, 1.807) is 48.5 Å². The third-order valence-electron chi connectivity index (χ3n) is 6.40. The number of amides is 1. The second kappa shape index (κ2) is 10.3. The van der Waals surface area contributed by atoms with Gasteiger partial charge in [0.1, 0.15) is 17.3 Å². The molecule has 0 saturated carbocycles. The molecule has 1 atom stereocenters. The van der Waals surface area contributed by atoms with E-state index in [4.69, 9.17) is 9.47 Å².